The molecule has 2 aliphatic rings. The van der Waals surface area contributed by atoms with Crippen LogP contribution in [-0.4, -0.2) is 13.7 Å². The topological polar surface area (TPSA) is 9.23 Å². The summed E-state index contributed by atoms with van der Waals surface area (Å²) in [5.74, 6) is 2.83. The van der Waals surface area contributed by atoms with Crippen LogP contribution in [0.25, 0.3) is 11.8 Å². The van der Waals surface area contributed by atoms with E-state index in [0.717, 1.165) is 12.2 Å². The highest BCUT2D eigenvalue weighted by molar-refractivity contribution is 8.08. The third-order valence-electron chi connectivity index (χ3n) is 9.11. The Balaban J connectivity index is 1.56. The first kappa shape index (κ1) is 27.1. The van der Waals surface area contributed by atoms with Gasteiger partial charge in [0.25, 0.3) is 0 Å². The standard InChI is InChI=1S/C37H39BOP/c1-26(2)31-23-22-27(3)24-35(31)39-36-25-28-14-10-11-19-32(28)37(34-21-13-12-20-33(34)36)40(38,29-15-6-4-7-16-29)30-17-8-5-9-18-30/h4-21,25-27,31,35,37H,22-24H2,1-3H3/q+1/t27-,31+,35?,37?/m1/s1. The molecular formula is C37H39BOP+. The molecule has 40 heavy (non-hydrogen) atoms. The molecule has 0 heterocycles. The molecule has 6 rings (SSSR count). The maximum atomic E-state index is 7.87. The van der Waals surface area contributed by atoms with E-state index in [1.807, 2.05) is 0 Å². The highest BCUT2D eigenvalue weighted by Crippen LogP contribution is 2.68. The van der Waals surface area contributed by atoms with E-state index >= 15 is 0 Å². The molecule has 2 unspecified atom stereocenters. The summed E-state index contributed by atoms with van der Waals surface area (Å²) in [6.07, 6.45) is 6.14. The lowest BCUT2D eigenvalue weighted by Crippen LogP contribution is -2.34. The molecule has 0 N–H and O–H groups in total. The molecule has 0 saturated heterocycles. The van der Waals surface area contributed by atoms with E-state index in [1.54, 1.807) is 0 Å². The number of ether oxygens (including phenoxy) is 1. The highest BCUT2D eigenvalue weighted by Gasteiger charge is 2.49. The quantitative estimate of drug-likeness (QED) is 0.175. The largest absolute Gasteiger partial charge is 0.489 e. The van der Waals surface area contributed by atoms with Gasteiger partial charge in [0.1, 0.15) is 17.5 Å². The van der Waals surface area contributed by atoms with Gasteiger partial charge in [-0.15, -0.1) is 0 Å². The van der Waals surface area contributed by atoms with Gasteiger partial charge >= 0.3 is 7.57 Å². The van der Waals surface area contributed by atoms with Crippen molar-refractivity contribution in [3.8, 4) is 0 Å². The lowest BCUT2D eigenvalue weighted by molar-refractivity contribution is 0.0265. The Morgan fingerprint density at radius 2 is 1.30 bits per heavy atom. The van der Waals surface area contributed by atoms with Gasteiger partial charge in [-0.25, -0.2) is 0 Å². The average molecular weight is 542 g/mol. The number of benzene rings is 4. The summed E-state index contributed by atoms with van der Waals surface area (Å²) in [6, 6.07) is 39.2. The second-order valence-electron chi connectivity index (χ2n) is 12.1. The summed E-state index contributed by atoms with van der Waals surface area (Å²) in [7, 11) is 5.43. The van der Waals surface area contributed by atoms with Gasteiger partial charge in [-0.3, -0.25) is 0 Å². The zero-order valence-electron chi connectivity index (χ0n) is 23.9. The summed E-state index contributed by atoms with van der Waals surface area (Å²) < 4.78 is 7.14. The molecule has 200 valence electrons. The molecule has 0 amide bonds. The second kappa shape index (κ2) is 11.4. The Hall–Kier alpha value is -3.09. The zero-order chi connectivity index (χ0) is 27.7. The van der Waals surface area contributed by atoms with Crippen LogP contribution in [0.15, 0.2) is 109 Å². The van der Waals surface area contributed by atoms with E-state index in [-0.39, 0.29) is 11.8 Å². The molecule has 4 atom stereocenters. The highest BCUT2D eigenvalue weighted by atomic mass is 31.2. The average Bonchev–Trinajstić information content (AvgIpc) is 3.12. The van der Waals surface area contributed by atoms with Crippen molar-refractivity contribution < 1.29 is 4.74 Å². The summed E-state index contributed by atoms with van der Waals surface area (Å²) >= 11 is 0. The molecule has 2 radical (unpaired) electrons. The summed E-state index contributed by atoms with van der Waals surface area (Å²) in [5.41, 5.74) is 4.89. The van der Waals surface area contributed by atoms with Crippen LogP contribution < -0.4 is 10.6 Å². The van der Waals surface area contributed by atoms with Gasteiger partial charge in [0.2, 0.25) is 0 Å². The van der Waals surface area contributed by atoms with Crippen LogP contribution in [0, 0.1) is 17.8 Å². The molecule has 0 spiro atoms. The van der Waals surface area contributed by atoms with Crippen molar-refractivity contribution in [2.75, 3.05) is 0 Å². The molecule has 0 aromatic heterocycles. The van der Waals surface area contributed by atoms with Crippen LogP contribution >= 0.6 is 7.14 Å². The SMILES string of the molecule is [B][P+](c1ccccc1)(c1ccccc1)C1c2ccccc2C=C(OC2C[C@H](C)CC[C@H]2C(C)C)c2ccccc21. The fourth-order valence-corrected chi connectivity index (χ4v) is 10.5. The van der Waals surface area contributed by atoms with Crippen LogP contribution in [0.5, 0.6) is 0 Å². The van der Waals surface area contributed by atoms with E-state index in [2.05, 4.69) is 136 Å². The van der Waals surface area contributed by atoms with Crippen molar-refractivity contribution in [2.24, 2.45) is 17.8 Å². The minimum atomic E-state index is -2.44. The van der Waals surface area contributed by atoms with E-state index in [1.165, 1.54) is 45.7 Å². The first-order chi connectivity index (χ1) is 19.5. The lowest BCUT2D eigenvalue weighted by atomic mass is 9.75. The van der Waals surface area contributed by atoms with Gasteiger partial charge < -0.3 is 4.74 Å². The fraction of sp³-hybridized carbons (Fsp3) is 0.297. The molecule has 2 aliphatic carbocycles. The van der Waals surface area contributed by atoms with Crippen LogP contribution in [0.4, 0.5) is 0 Å². The molecule has 1 fully saturated rings. The Labute approximate surface area is 242 Å². The van der Waals surface area contributed by atoms with Crippen molar-refractivity contribution >= 4 is 37.2 Å². The molecule has 3 heteroatoms. The van der Waals surface area contributed by atoms with Crippen molar-refractivity contribution in [3.63, 3.8) is 0 Å². The van der Waals surface area contributed by atoms with E-state index < -0.39 is 7.14 Å². The first-order valence-corrected chi connectivity index (χ1v) is 16.7. The molecule has 4 aromatic carbocycles. The van der Waals surface area contributed by atoms with Crippen LogP contribution in [-0.2, 0) is 4.74 Å². The monoisotopic (exact) mass is 541 g/mol. The normalized spacial score (nSPS) is 22.6. The number of hydrogen-bond acceptors (Lipinski definition) is 1. The van der Waals surface area contributed by atoms with Crippen molar-refractivity contribution in [1.82, 2.24) is 0 Å². The predicted octanol–water partition coefficient (Wildman–Crippen LogP) is 8.82. The third-order valence-corrected chi connectivity index (χ3v) is 12.8. The molecule has 0 bridgehead atoms. The van der Waals surface area contributed by atoms with Crippen molar-refractivity contribution in [1.29, 1.82) is 0 Å². The number of rotatable bonds is 6. The lowest BCUT2D eigenvalue weighted by Gasteiger charge is -2.38. The van der Waals surface area contributed by atoms with E-state index in [4.69, 9.17) is 12.3 Å². The van der Waals surface area contributed by atoms with Gasteiger partial charge in [-0.05, 0) is 66.5 Å². The van der Waals surface area contributed by atoms with Gasteiger partial charge in [0.05, 0.1) is 10.6 Å². The number of hydrogen-bond donors (Lipinski definition) is 0. The Morgan fingerprint density at radius 1 is 0.725 bits per heavy atom. The Kier molecular flexibility index (Phi) is 7.74. The molecule has 4 aromatic rings. The second-order valence-corrected chi connectivity index (χ2v) is 15.2. The Morgan fingerprint density at radius 3 is 1.95 bits per heavy atom. The van der Waals surface area contributed by atoms with Gasteiger partial charge in [-0.1, -0.05) is 112 Å². The number of fused-ring (bicyclic) bond motifs is 2. The van der Waals surface area contributed by atoms with Gasteiger partial charge in [-0.2, -0.15) is 0 Å². The van der Waals surface area contributed by atoms with Crippen molar-refractivity contribution in [2.45, 2.75) is 51.8 Å². The first-order valence-electron chi connectivity index (χ1n) is 14.8. The minimum Gasteiger partial charge on any atom is -0.489 e. The molecule has 1 nitrogen and oxygen atoms in total. The van der Waals surface area contributed by atoms with Crippen LogP contribution in [0.1, 0.15) is 67.9 Å². The molecule has 1 saturated carbocycles. The predicted molar refractivity (Wildman–Crippen MR) is 174 cm³/mol. The maximum Gasteiger partial charge on any atom is 0.378 e. The van der Waals surface area contributed by atoms with Gasteiger partial charge in [0.15, 0.2) is 0 Å². The minimum absolute atomic E-state index is 0.00627. The van der Waals surface area contributed by atoms with E-state index in [9.17, 15) is 0 Å². The van der Waals surface area contributed by atoms with Gasteiger partial charge in [0, 0.05) is 23.8 Å². The Bertz CT molecular complexity index is 1440. The van der Waals surface area contributed by atoms with E-state index in [0.29, 0.717) is 17.8 Å². The van der Waals surface area contributed by atoms with Crippen molar-refractivity contribution in [3.05, 3.63) is 131 Å². The molecule has 0 aliphatic heterocycles. The van der Waals surface area contributed by atoms with Crippen LogP contribution in [0.3, 0.4) is 0 Å². The summed E-state index contributed by atoms with van der Waals surface area (Å²) in [5, 5.41) is 2.42. The smallest absolute Gasteiger partial charge is 0.378 e. The maximum absolute atomic E-state index is 7.87. The molecular weight excluding hydrogens is 502 g/mol. The summed E-state index contributed by atoms with van der Waals surface area (Å²) in [6.45, 7) is 7.08. The summed E-state index contributed by atoms with van der Waals surface area (Å²) in [4.78, 5) is 0. The third kappa shape index (κ3) is 4.97. The fourth-order valence-electron chi connectivity index (χ4n) is 6.98. The zero-order valence-corrected chi connectivity index (χ0v) is 24.8. The van der Waals surface area contributed by atoms with Crippen LogP contribution in [0.2, 0.25) is 0 Å².